The fraction of sp³-hybridized carbons (Fsp3) is 0.350. The molecule has 0 atom stereocenters. The van der Waals surface area contributed by atoms with Gasteiger partial charge in [0.25, 0.3) is 5.91 Å². The minimum atomic E-state index is 0.0170. The SMILES string of the molecule is Cc1cccc(N2CCN(CCNC(=O)c3ccccc3I)CC2)c1. The van der Waals surface area contributed by atoms with Crippen LogP contribution in [0.1, 0.15) is 15.9 Å². The largest absolute Gasteiger partial charge is 0.369 e. The minimum Gasteiger partial charge on any atom is -0.369 e. The van der Waals surface area contributed by atoms with E-state index in [1.165, 1.54) is 11.3 Å². The fourth-order valence-electron chi connectivity index (χ4n) is 3.12. The monoisotopic (exact) mass is 449 g/mol. The molecule has 0 unspecified atom stereocenters. The topological polar surface area (TPSA) is 35.6 Å². The van der Waals surface area contributed by atoms with Crippen LogP contribution in [0.3, 0.4) is 0 Å². The van der Waals surface area contributed by atoms with Crippen molar-refractivity contribution in [1.82, 2.24) is 10.2 Å². The second kappa shape index (κ2) is 8.67. The molecule has 0 saturated carbocycles. The lowest BCUT2D eigenvalue weighted by Gasteiger charge is -2.36. The van der Waals surface area contributed by atoms with Crippen molar-refractivity contribution < 1.29 is 4.79 Å². The summed E-state index contributed by atoms with van der Waals surface area (Å²) in [7, 11) is 0. The molecule has 1 saturated heterocycles. The van der Waals surface area contributed by atoms with Gasteiger partial charge >= 0.3 is 0 Å². The van der Waals surface area contributed by atoms with Crippen LogP contribution in [0.4, 0.5) is 5.69 Å². The summed E-state index contributed by atoms with van der Waals surface area (Å²) in [4.78, 5) is 17.1. The second-order valence-corrected chi connectivity index (χ2v) is 7.57. The maximum Gasteiger partial charge on any atom is 0.252 e. The van der Waals surface area contributed by atoms with Crippen LogP contribution in [-0.2, 0) is 0 Å². The maximum atomic E-state index is 12.2. The lowest BCUT2D eigenvalue weighted by molar-refractivity contribution is 0.0947. The van der Waals surface area contributed by atoms with E-state index in [1.54, 1.807) is 0 Å². The van der Waals surface area contributed by atoms with Crippen LogP contribution in [0.2, 0.25) is 0 Å². The minimum absolute atomic E-state index is 0.0170. The van der Waals surface area contributed by atoms with Crippen LogP contribution in [0.15, 0.2) is 48.5 Å². The Bertz CT molecular complexity index is 726. The number of amides is 1. The highest BCUT2D eigenvalue weighted by Crippen LogP contribution is 2.17. The van der Waals surface area contributed by atoms with Crippen LogP contribution in [-0.4, -0.2) is 50.1 Å². The lowest BCUT2D eigenvalue weighted by atomic mass is 10.2. The summed E-state index contributed by atoms with van der Waals surface area (Å²) in [5, 5.41) is 3.04. The van der Waals surface area contributed by atoms with E-state index in [0.717, 1.165) is 41.9 Å². The van der Waals surface area contributed by atoms with E-state index < -0.39 is 0 Å². The summed E-state index contributed by atoms with van der Waals surface area (Å²) < 4.78 is 0.990. The number of aryl methyl sites for hydroxylation is 1. The second-order valence-electron chi connectivity index (χ2n) is 6.40. The molecule has 0 bridgehead atoms. The summed E-state index contributed by atoms with van der Waals surface area (Å²) in [6, 6.07) is 16.4. The molecule has 0 radical (unpaired) electrons. The van der Waals surface area contributed by atoms with Crippen LogP contribution < -0.4 is 10.2 Å². The Morgan fingerprint density at radius 1 is 1.08 bits per heavy atom. The molecule has 0 aromatic heterocycles. The normalized spacial score (nSPS) is 15.2. The highest BCUT2D eigenvalue weighted by atomic mass is 127. The molecule has 1 aliphatic heterocycles. The van der Waals surface area contributed by atoms with E-state index in [-0.39, 0.29) is 5.91 Å². The lowest BCUT2D eigenvalue weighted by Crippen LogP contribution is -2.48. The third-order valence-electron chi connectivity index (χ3n) is 4.57. The first-order valence-electron chi connectivity index (χ1n) is 8.70. The van der Waals surface area contributed by atoms with Crippen LogP contribution in [0, 0.1) is 10.5 Å². The van der Waals surface area contributed by atoms with E-state index in [2.05, 4.69) is 68.9 Å². The van der Waals surface area contributed by atoms with E-state index in [9.17, 15) is 4.79 Å². The molecule has 2 aromatic carbocycles. The van der Waals surface area contributed by atoms with E-state index >= 15 is 0 Å². The van der Waals surface area contributed by atoms with Crippen molar-refractivity contribution >= 4 is 34.2 Å². The standard InChI is InChI=1S/C20H24IN3O/c1-16-5-4-6-17(15-16)24-13-11-23(12-14-24)10-9-22-20(25)18-7-2-3-8-19(18)21/h2-8,15H,9-14H2,1H3,(H,22,25). The predicted octanol–water partition coefficient (Wildman–Crippen LogP) is 3.15. The molecule has 25 heavy (non-hydrogen) atoms. The van der Waals surface area contributed by atoms with Gasteiger partial charge in [-0.2, -0.15) is 0 Å². The molecule has 2 aromatic rings. The molecular weight excluding hydrogens is 425 g/mol. The van der Waals surface area contributed by atoms with Gasteiger partial charge < -0.3 is 10.2 Å². The Labute approximate surface area is 163 Å². The summed E-state index contributed by atoms with van der Waals surface area (Å²) in [5.74, 6) is 0.0170. The number of anilines is 1. The average molecular weight is 449 g/mol. The number of hydrogen-bond acceptors (Lipinski definition) is 3. The number of nitrogens with one attached hydrogen (secondary N) is 1. The predicted molar refractivity (Wildman–Crippen MR) is 111 cm³/mol. The van der Waals surface area contributed by atoms with Crippen LogP contribution in [0.25, 0.3) is 0 Å². The Morgan fingerprint density at radius 2 is 1.84 bits per heavy atom. The van der Waals surface area contributed by atoms with Gasteiger partial charge in [0.05, 0.1) is 5.56 Å². The molecule has 4 nitrogen and oxygen atoms in total. The smallest absolute Gasteiger partial charge is 0.252 e. The molecule has 132 valence electrons. The molecule has 0 spiro atoms. The third-order valence-corrected chi connectivity index (χ3v) is 5.51. The van der Waals surface area contributed by atoms with Crippen molar-refractivity contribution in [1.29, 1.82) is 0 Å². The molecule has 5 heteroatoms. The highest BCUT2D eigenvalue weighted by molar-refractivity contribution is 14.1. The average Bonchev–Trinajstić information content (AvgIpc) is 2.62. The molecular formula is C20H24IN3O. The molecule has 3 rings (SSSR count). The number of carbonyl (C=O) groups is 1. The van der Waals surface area contributed by atoms with E-state index in [4.69, 9.17) is 0 Å². The van der Waals surface area contributed by atoms with Crippen molar-refractivity contribution in [3.63, 3.8) is 0 Å². The quantitative estimate of drug-likeness (QED) is 0.713. The van der Waals surface area contributed by atoms with Gasteiger partial charge in [0, 0.05) is 48.5 Å². The van der Waals surface area contributed by atoms with Gasteiger partial charge in [-0.3, -0.25) is 9.69 Å². The van der Waals surface area contributed by atoms with Crippen LogP contribution >= 0.6 is 22.6 Å². The Hall–Kier alpha value is -1.60. The molecule has 1 amide bonds. The Balaban J connectivity index is 1.42. The van der Waals surface area contributed by atoms with Gasteiger partial charge in [-0.25, -0.2) is 0 Å². The number of hydrogen-bond donors (Lipinski definition) is 1. The Morgan fingerprint density at radius 3 is 2.56 bits per heavy atom. The molecule has 1 aliphatic rings. The number of piperazine rings is 1. The van der Waals surface area contributed by atoms with Crippen LogP contribution in [0.5, 0.6) is 0 Å². The number of benzene rings is 2. The van der Waals surface area contributed by atoms with Gasteiger partial charge in [0.1, 0.15) is 0 Å². The van der Waals surface area contributed by atoms with Crippen molar-refractivity contribution in [3.8, 4) is 0 Å². The first kappa shape index (κ1) is 18.2. The molecule has 1 N–H and O–H groups in total. The maximum absolute atomic E-state index is 12.2. The van der Waals surface area contributed by atoms with Gasteiger partial charge in [-0.05, 0) is 59.3 Å². The fourth-order valence-corrected chi connectivity index (χ4v) is 3.75. The first-order chi connectivity index (χ1) is 12.1. The summed E-state index contributed by atoms with van der Waals surface area (Å²) in [5.41, 5.74) is 3.37. The number of rotatable bonds is 5. The van der Waals surface area contributed by atoms with Gasteiger partial charge in [0.2, 0.25) is 0 Å². The first-order valence-corrected chi connectivity index (χ1v) is 9.78. The summed E-state index contributed by atoms with van der Waals surface area (Å²) >= 11 is 2.20. The van der Waals surface area contributed by atoms with E-state index in [0.29, 0.717) is 6.54 Å². The number of nitrogens with zero attached hydrogens (tertiary/aromatic N) is 2. The number of carbonyl (C=O) groups excluding carboxylic acids is 1. The van der Waals surface area contributed by atoms with Crippen molar-refractivity contribution in [2.24, 2.45) is 0 Å². The van der Waals surface area contributed by atoms with Crippen molar-refractivity contribution in [2.75, 3.05) is 44.2 Å². The molecule has 1 heterocycles. The summed E-state index contributed by atoms with van der Waals surface area (Å²) in [6.45, 7) is 7.86. The zero-order chi connectivity index (χ0) is 17.6. The summed E-state index contributed by atoms with van der Waals surface area (Å²) in [6.07, 6.45) is 0. The zero-order valence-corrected chi connectivity index (χ0v) is 16.7. The molecule has 1 fully saturated rings. The highest BCUT2D eigenvalue weighted by Gasteiger charge is 2.17. The molecule has 0 aliphatic carbocycles. The van der Waals surface area contributed by atoms with Crippen molar-refractivity contribution in [2.45, 2.75) is 6.92 Å². The van der Waals surface area contributed by atoms with Gasteiger partial charge in [0.15, 0.2) is 0 Å². The van der Waals surface area contributed by atoms with E-state index in [1.807, 2.05) is 24.3 Å². The van der Waals surface area contributed by atoms with Gasteiger partial charge in [-0.1, -0.05) is 24.3 Å². The third kappa shape index (κ3) is 4.95. The number of halogens is 1. The Kier molecular flexibility index (Phi) is 6.31. The van der Waals surface area contributed by atoms with Crippen molar-refractivity contribution in [3.05, 3.63) is 63.2 Å². The van der Waals surface area contributed by atoms with Gasteiger partial charge in [-0.15, -0.1) is 0 Å². The zero-order valence-electron chi connectivity index (χ0n) is 14.5.